The van der Waals surface area contributed by atoms with Crippen LogP contribution in [0.2, 0.25) is 0 Å². The third-order valence-electron chi connectivity index (χ3n) is 3.82. The molecule has 2 rings (SSSR count). The summed E-state index contributed by atoms with van der Waals surface area (Å²) in [4.78, 5) is 48.0. The zero-order valence-electron chi connectivity index (χ0n) is 15.1. The molecule has 1 saturated heterocycles. The SMILES string of the molecule is C=C1NC(=O)C=CN1[C@@H]1O[C@](CCl)(COP(=O)(O)OP(=O)(O)OP(=O)(O)O)[C@@H](O)[C@@H]1F. The van der Waals surface area contributed by atoms with Crippen molar-refractivity contribution in [2.24, 2.45) is 0 Å². The molecule has 31 heavy (non-hydrogen) atoms. The second-order valence-corrected chi connectivity index (χ2v) is 10.8. The molecule has 0 aromatic rings. The molecule has 2 unspecified atom stereocenters. The molecule has 1 fully saturated rings. The Morgan fingerprint density at radius 3 is 2.39 bits per heavy atom. The Labute approximate surface area is 178 Å². The van der Waals surface area contributed by atoms with Gasteiger partial charge in [0.1, 0.15) is 17.5 Å². The van der Waals surface area contributed by atoms with Crippen molar-refractivity contribution in [3.05, 3.63) is 24.7 Å². The Morgan fingerprint density at radius 1 is 1.26 bits per heavy atom. The van der Waals surface area contributed by atoms with Gasteiger partial charge >= 0.3 is 23.5 Å². The predicted molar refractivity (Wildman–Crippen MR) is 97.3 cm³/mol. The van der Waals surface area contributed by atoms with Crippen LogP contribution in [0.4, 0.5) is 4.39 Å². The van der Waals surface area contributed by atoms with Crippen molar-refractivity contribution in [2.75, 3.05) is 12.5 Å². The van der Waals surface area contributed by atoms with Gasteiger partial charge in [0, 0.05) is 12.3 Å². The van der Waals surface area contributed by atoms with Crippen LogP contribution in [0.1, 0.15) is 0 Å². The summed E-state index contributed by atoms with van der Waals surface area (Å²) in [5.41, 5.74) is -2.20. The van der Waals surface area contributed by atoms with Gasteiger partial charge in [0.15, 0.2) is 12.4 Å². The number of nitrogens with one attached hydrogen (secondary N) is 1. The van der Waals surface area contributed by atoms with Crippen LogP contribution in [0, 0.1) is 0 Å². The monoisotopic (exact) mass is 532 g/mol. The van der Waals surface area contributed by atoms with E-state index >= 15 is 0 Å². The van der Waals surface area contributed by atoms with Gasteiger partial charge in [0.2, 0.25) is 0 Å². The van der Waals surface area contributed by atoms with Crippen LogP contribution >= 0.6 is 35.1 Å². The van der Waals surface area contributed by atoms with Crippen LogP contribution in [0.25, 0.3) is 0 Å². The molecule has 0 aromatic heterocycles. The molecule has 1 amide bonds. The Hall–Kier alpha value is -0.700. The van der Waals surface area contributed by atoms with Gasteiger partial charge in [-0.3, -0.25) is 9.32 Å². The van der Waals surface area contributed by atoms with E-state index in [9.17, 15) is 32.9 Å². The van der Waals surface area contributed by atoms with E-state index < -0.39 is 66.0 Å². The van der Waals surface area contributed by atoms with E-state index in [2.05, 4.69) is 25.0 Å². The Bertz CT molecular complexity index is 913. The molecule has 0 saturated carbocycles. The highest BCUT2D eigenvalue weighted by Crippen LogP contribution is 2.66. The van der Waals surface area contributed by atoms with Crippen molar-refractivity contribution in [2.45, 2.75) is 24.1 Å². The molecule has 2 aliphatic heterocycles. The number of aliphatic hydroxyl groups is 1. The molecular formula is C11H17ClFN2O13P3. The number of hydrogen-bond acceptors (Lipinski definition) is 10. The van der Waals surface area contributed by atoms with E-state index in [0.29, 0.717) is 0 Å². The quantitative estimate of drug-likeness (QED) is 0.167. The van der Waals surface area contributed by atoms with Gasteiger partial charge in [-0.1, -0.05) is 6.58 Å². The van der Waals surface area contributed by atoms with Gasteiger partial charge in [-0.2, -0.15) is 8.62 Å². The average Bonchev–Trinajstić information content (AvgIpc) is 2.82. The summed E-state index contributed by atoms with van der Waals surface area (Å²) in [6.07, 6.45) is -3.80. The summed E-state index contributed by atoms with van der Waals surface area (Å²) in [5.74, 6) is -1.41. The van der Waals surface area contributed by atoms with Crippen molar-refractivity contribution in [3.63, 3.8) is 0 Å². The first-order valence-corrected chi connectivity index (χ1v) is 12.9. The normalized spacial score (nSPS) is 33.1. The molecule has 2 heterocycles. The highest BCUT2D eigenvalue weighted by atomic mass is 35.5. The lowest BCUT2D eigenvalue weighted by atomic mass is 9.99. The van der Waals surface area contributed by atoms with Crippen molar-refractivity contribution >= 4 is 41.0 Å². The van der Waals surface area contributed by atoms with Crippen molar-refractivity contribution in [3.8, 4) is 0 Å². The first-order chi connectivity index (χ1) is 14.0. The number of aliphatic hydroxyl groups excluding tert-OH is 1. The Balaban J connectivity index is 2.15. The van der Waals surface area contributed by atoms with Crippen LogP contribution in [0.15, 0.2) is 24.7 Å². The summed E-state index contributed by atoms with van der Waals surface area (Å²) in [7, 11) is -17.0. The average molecular weight is 533 g/mol. The maximum atomic E-state index is 14.7. The number of nitrogens with zero attached hydrogens (tertiary/aromatic N) is 1. The molecule has 20 heteroatoms. The fourth-order valence-electron chi connectivity index (χ4n) is 2.52. The van der Waals surface area contributed by atoms with Gasteiger partial charge in [0.25, 0.3) is 5.91 Å². The molecule has 6 atom stereocenters. The molecule has 0 aromatic carbocycles. The van der Waals surface area contributed by atoms with E-state index in [4.69, 9.17) is 31.0 Å². The first kappa shape index (κ1) is 26.6. The molecule has 0 radical (unpaired) electrons. The maximum absolute atomic E-state index is 14.7. The van der Waals surface area contributed by atoms with Crippen LogP contribution in [-0.2, 0) is 36.4 Å². The smallest absolute Gasteiger partial charge is 0.387 e. The van der Waals surface area contributed by atoms with Crippen molar-refractivity contribution < 1.29 is 65.4 Å². The maximum Gasteiger partial charge on any atom is 0.490 e. The third kappa shape index (κ3) is 6.65. The summed E-state index contributed by atoms with van der Waals surface area (Å²) in [6.45, 7) is 2.30. The molecule has 178 valence electrons. The number of ether oxygens (including phenoxy) is 1. The molecule has 15 nitrogen and oxygen atoms in total. The Kier molecular flexibility index (Phi) is 7.94. The fourth-order valence-corrected chi connectivity index (χ4v) is 5.89. The summed E-state index contributed by atoms with van der Waals surface area (Å²) >= 11 is 5.73. The fraction of sp³-hybridized carbons (Fsp3) is 0.545. The number of amides is 1. The van der Waals surface area contributed by atoms with Gasteiger partial charge in [-0.25, -0.2) is 18.1 Å². The molecule has 0 bridgehead atoms. The van der Waals surface area contributed by atoms with E-state index in [1.807, 2.05) is 0 Å². The number of carbonyl (C=O) groups excluding carboxylic acids is 1. The lowest BCUT2D eigenvalue weighted by molar-refractivity contribution is -0.126. The second kappa shape index (κ2) is 9.27. The number of rotatable bonds is 9. The highest BCUT2D eigenvalue weighted by molar-refractivity contribution is 7.66. The van der Waals surface area contributed by atoms with Crippen LogP contribution in [0.5, 0.6) is 0 Å². The molecule has 0 aliphatic carbocycles. The van der Waals surface area contributed by atoms with E-state index in [1.54, 1.807) is 0 Å². The standard InChI is InChI=1S/C11H17ClFN2O13P3/c1-6-14-7(16)2-3-15(6)10-8(13)9(17)11(4-12,26-10)5-25-30(21,22)28-31(23,24)27-29(18,19)20/h2-3,8-10,17H,1,4-5H2,(H,14,16)(H,21,22)(H,23,24)(H2,18,19,20)/t8-,9-,10+,11+/m0/s1. The summed E-state index contributed by atoms with van der Waals surface area (Å²) < 4.78 is 65.5. The lowest BCUT2D eigenvalue weighted by Crippen LogP contribution is -2.47. The number of halogens is 2. The summed E-state index contributed by atoms with van der Waals surface area (Å²) in [5, 5.41) is 12.5. The summed E-state index contributed by atoms with van der Waals surface area (Å²) in [6, 6.07) is 0. The number of phosphoric acid groups is 3. The molecule has 0 spiro atoms. The number of alkyl halides is 2. The Morgan fingerprint density at radius 2 is 1.87 bits per heavy atom. The van der Waals surface area contributed by atoms with E-state index in [1.165, 1.54) is 0 Å². The largest absolute Gasteiger partial charge is 0.490 e. The topological polar surface area (TPSA) is 222 Å². The number of hydrogen-bond donors (Lipinski definition) is 6. The van der Waals surface area contributed by atoms with Crippen LogP contribution in [-0.4, -0.2) is 72.1 Å². The van der Waals surface area contributed by atoms with E-state index in [0.717, 1.165) is 17.2 Å². The van der Waals surface area contributed by atoms with Gasteiger partial charge < -0.3 is 39.6 Å². The predicted octanol–water partition coefficient (Wildman–Crippen LogP) is -0.221. The minimum absolute atomic E-state index is 0.120. The van der Waals surface area contributed by atoms with Crippen molar-refractivity contribution in [1.82, 2.24) is 10.2 Å². The minimum Gasteiger partial charge on any atom is -0.387 e. The zero-order chi connectivity index (χ0) is 23.8. The number of carbonyl (C=O) groups is 1. The lowest BCUT2D eigenvalue weighted by Gasteiger charge is -2.33. The molecule has 6 N–H and O–H groups in total. The zero-order valence-corrected chi connectivity index (χ0v) is 18.5. The second-order valence-electron chi connectivity index (χ2n) is 6.12. The number of phosphoric ester groups is 1. The van der Waals surface area contributed by atoms with E-state index in [-0.39, 0.29) is 5.82 Å². The van der Waals surface area contributed by atoms with Gasteiger partial charge in [-0.05, 0) is 0 Å². The third-order valence-corrected chi connectivity index (χ3v) is 8.06. The molecular weight excluding hydrogens is 515 g/mol. The van der Waals surface area contributed by atoms with Crippen LogP contribution in [0.3, 0.4) is 0 Å². The molecule has 2 aliphatic rings. The van der Waals surface area contributed by atoms with Gasteiger partial charge in [-0.15, -0.1) is 11.6 Å². The highest BCUT2D eigenvalue weighted by Gasteiger charge is 2.58. The van der Waals surface area contributed by atoms with Crippen LogP contribution < -0.4 is 5.32 Å². The first-order valence-electron chi connectivity index (χ1n) is 7.81. The minimum atomic E-state index is -5.78. The van der Waals surface area contributed by atoms with Crippen molar-refractivity contribution in [1.29, 1.82) is 0 Å². The van der Waals surface area contributed by atoms with Gasteiger partial charge in [0.05, 0.1) is 12.5 Å².